The van der Waals surface area contributed by atoms with Crippen molar-refractivity contribution < 1.29 is 9.47 Å². The first kappa shape index (κ1) is 14.1. The lowest BCUT2D eigenvalue weighted by Crippen LogP contribution is -2.00. The summed E-state index contributed by atoms with van der Waals surface area (Å²) >= 11 is 0. The van der Waals surface area contributed by atoms with Gasteiger partial charge in [-0.1, -0.05) is 60.7 Å². The molecular weight excluding hydrogens is 276 g/mol. The van der Waals surface area contributed by atoms with E-state index in [0.29, 0.717) is 25.0 Å². The van der Waals surface area contributed by atoms with Crippen LogP contribution >= 0.6 is 0 Å². The van der Waals surface area contributed by atoms with Gasteiger partial charge < -0.3 is 9.47 Å². The summed E-state index contributed by atoms with van der Waals surface area (Å²) in [5, 5.41) is 0. The number of nitrogens with zero attached hydrogens (tertiary/aromatic N) is 2. The number of aromatic nitrogens is 2. The first-order chi connectivity index (χ1) is 10.9. The molecule has 0 aliphatic rings. The summed E-state index contributed by atoms with van der Waals surface area (Å²) < 4.78 is 11.2. The molecule has 1 heterocycles. The third-order valence-electron chi connectivity index (χ3n) is 3.06. The molecule has 0 saturated carbocycles. The largest absolute Gasteiger partial charge is 0.486 e. The molecule has 110 valence electrons. The van der Waals surface area contributed by atoms with Gasteiger partial charge in [-0.05, 0) is 11.1 Å². The number of hydrogen-bond acceptors (Lipinski definition) is 4. The van der Waals surface area contributed by atoms with Crippen LogP contribution in [0.4, 0.5) is 0 Å². The van der Waals surface area contributed by atoms with Crippen LogP contribution in [0, 0.1) is 0 Å². The van der Waals surface area contributed by atoms with E-state index < -0.39 is 0 Å². The molecule has 0 atom stereocenters. The molecular formula is C18H16N2O2. The second-order valence-electron chi connectivity index (χ2n) is 4.75. The van der Waals surface area contributed by atoms with E-state index >= 15 is 0 Å². The highest BCUT2D eigenvalue weighted by Gasteiger charge is 2.01. The van der Waals surface area contributed by atoms with Gasteiger partial charge in [0.2, 0.25) is 0 Å². The molecule has 0 saturated heterocycles. The third kappa shape index (κ3) is 4.06. The standard InChI is InChI=1S/C18H16N2O2/c1-3-7-15(8-4-1)13-21-17-11-19-18(20-12-17)22-14-16-9-5-2-6-10-16/h1-12H,13-14H2. The fourth-order valence-corrected chi connectivity index (χ4v) is 1.92. The Morgan fingerprint density at radius 1 is 0.636 bits per heavy atom. The highest BCUT2D eigenvalue weighted by Crippen LogP contribution is 2.13. The summed E-state index contributed by atoms with van der Waals surface area (Å²) in [6.45, 7) is 0.944. The van der Waals surface area contributed by atoms with Gasteiger partial charge in [-0.25, -0.2) is 0 Å². The molecule has 1 aromatic heterocycles. The molecule has 0 fully saturated rings. The monoisotopic (exact) mass is 292 g/mol. The first-order valence-electron chi connectivity index (χ1n) is 7.06. The maximum absolute atomic E-state index is 5.63. The average molecular weight is 292 g/mol. The van der Waals surface area contributed by atoms with Gasteiger partial charge in [-0.2, -0.15) is 9.97 Å². The summed E-state index contributed by atoms with van der Waals surface area (Å²) in [6.07, 6.45) is 3.24. The van der Waals surface area contributed by atoms with Crippen LogP contribution in [0.15, 0.2) is 73.1 Å². The van der Waals surface area contributed by atoms with E-state index in [1.807, 2.05) is 60.7 Å². The Kier molecular flexibility index (Phi) is 4.62. The van der Waals surface area contributed by atoms with E-state index in [9.17, 15) is 0 Å². The SMILES string of the molecule is c1ccc(COc2cnc(OCc3ccccc3)nc2)cc1. The van der Waals surface area contributed by atoms with Crippen molar-refractivity contribution in [1.29, 1.82) is 0 Å². The lowest BCUT2D eigenvalue weighted by Gasteiger charge is -2.07. The molecule has 2 aromatic carbocycles. The maximum atomic E-state index is 5.63. The molecule has 4 nitrogen and oxygen atoms in total. The summed E-state index contributed by atoms with van der Waals surface area (Å²) in [4.78, 5) is 8.30. The quantitative estimate of drug-likeness (QED) is 0.696. The van der Waals surface area contributed by atoms with Crippen LogP contribution in [0.25, 0.3) is 0 Å². The topological polar surface area (TPSA) is 44.2 Å². The normalized spacial score (nSPS) is 10.2. The minimum atomic E-state index is 0.343. The number of benzene rings is 2. The Morgan fingerprint density at radius 3 is 1.68 bits per heavy atom. The third-order valence-corrected chi connectivity index (χ3v) is 3.06. The summed E-state index contributed by atoms with van der Waals surface area (Å²) in [7, 11) is 0. The Hall–Kier alpha value is -2.88. The smallest absolute Gasteiger partial charge is 0.316 e. The number of hydrogen-bond donors (Lipinski definition) is 0. The van der Waals surface area contributed by atoms with Crippen molar-refractivity contribution in [2.24, 2.45) is 0 Å². The average Bonchev–Trinajstić information content (AvgIpc) is 2.61. The molecule has 3 aromatic rings. The summed E-state index contributed by atoms with van der Waals surface area (Å²) in [5.74, 6) is 0.621. The first-order valence-corrected chi connectivity index (χ1v) is 7.06. The van der Waals surface area contributed by atoms with Gasteiger partial charge in [-0.3, -0.25) is 0 Å². The molecule has 0 spiro atoms. The van der Waals surface area contributed by atoms with Gasteiger partial charge in [0.1, 0.15) is 13.2 Å². The molecule has 0 N–H and O–H groups in total. The van der Waals surface area contributed by atoms with Crippen molar-refractivity contribution in [3.05, 3.63) is 84.2 Å². The van der Waals surface area contributed by atoms with Crippen molar-refractivity contribution in [2.75, 3.05) is 0 Å². The van der Waals surface area contributed by atoms with Gasteiger partial charge in [0.25, 0.3) is 0 Å². The highest BCUT2D eigenvalue weighted by molar-refractivity contribution is 5.18. The zero-order valence-corrected chi connectivity index (χ0v) is 12.1. The number of ether oxygens (including phenoxy) is 2. The van der Waals surface area contributed by atoms with Crippen molar-refractivity contribution in [1.82, 2.24) is 9.97 Å². The van der Waals surface area contributed by atoms with Crippen LogP contribution in [0.2, 0.25) is 0 Å². The Labute approximate surface area is 129 Å². The Morgan fingerprint density at radius 2 is 1.14 bits per heavy atom. The van der Waals surface area contributed by atoms with E-state index in [1.165, 1.54) is 0 Å². The molecule has 0 bridgehead atoms. The summed E-state index contributed by atoms with van der Waals surface area (Å²) in [5.41, 5.74) is 2.18. The predicted molar refractivity (Wildman–Crippen MR) is 83.6 cm³/mol. The van der Waals surface area contributed by atoms with E-state index in [1.54, 1.807) is 12.4 Å². The second kappa shape index (κ2) is 7.22. The molecule has 0 unspecified atom stereocenters. The van der Waals surface area contributed by atoms with Crippen LogP contribution in [-0.2, 0) is 13.2 Å². The molecule has 22 heavy (non-hydrogen) atoms. The van der Waals surface area contributed by atoms with Crippen LogP contribution in [0.1, 0.15) is 11.1 Å². The second-order valence-corrected chi connectivity index (χ2v) is 4.75. The van der Waals surface area contributed by atoms with Gasteiger partial charge >= 0.3 is 6.01 Å². The highest BCUT2D eigenvalue weighted by atomic mass is 16.5. The van der Waals surface area contributed by atoms with Gasteiger partial charge in [0.15, 0.2) is 5.75 Å². The Balaban J connectivity index is 1.52. The van der Waals surface area contributed by atoms with E-state index in [4.69, 9.17) is 9.47 Å². The molecule has 3 rings (SSSR count). The van der Waals surface area contributed by atoms with Gasteiger partial charge in [0, 0.05) is 0 Å². The van der Waals surface area contributed by atoms with E-state index in [2.05, 4.69) is 9.97 Å². The van der Waals surface area contributed by atoms with E-state index in [0.717, 1.165) is 11.1 Å². The molecule has 0 aliphatic heterocycles. The van der Waals surface area contributed by atoms with Gasteiger partial charge in [0.05, 0.1) is 12.4 Å². The minimum absolute atomic E-state index is 0.343. The molecule has 0 radical (unpaired) electrons. The maximum Gasteiger partial charge on any atom is 0.316 e. The lowest BCUT2D eigenvalue weighted by molar-refractivity contribution is 0.272. The van der Waals surface area contributed by atoms with Crippen LogP contribution in [0.5, 0.6) is 11.8 Å². The van der Waals surface area contributed by atoms with Gasteiger partial charge in [-0.15, -0.1) is 0 Å². The fourth-order valence-electron chi connectivity index (χ4n) is 1.92. The van der Waals surface area contributed by atoms with Crippen molar-refractivity contribution in [3.63, 3.8) is 0 Å². The molecule has 0 amide bonds. The lowest BCUT2D eigenvalue weighted by atomic mass is 10.2. The minimum Gasteiger partial charge on any atom is -0.486 e. The van der Waals surface area contributed by atoms with Crippen LogP contribution < -0.4 is 9.47 Å². The predicted octanol–water partition coefficient (Wildman–Crippen LogP) is 3.63. The van der Waals surface area contributed by atoms with Crippen molar-refractivity contribution in [2.45, 2.75) is 13.2 Å². The number of rotatable bonds is 6. The zero-order valence-electron chi connectivity index (χ0n) is 12.1. The van der Waals surface area contributed by atoms with Crippen LogP contribution in [-0.4, -0.2) is 9.97 Å². The van der Waals surface area contributed by atoms with Crippen molar-refractivity contribution >= 4 is 0 Å². The fraction of sp³-hybridized carbons (Fsp3) is 0.111. The van der Waals surface area contributed by atoms with Crippen LogP contribution in [0.3, 0.4) is 0 Å². The molecule has 0 aliphatic carbocycles. The van der Waals surface area contributed by atoms with E-state index in [-0.39, 0.29) is 0 Å². The Bertz CT molecular complexity index is 623. The zero-order chi connectivity index (χ0) is 15.0. The van der Waals surface area contributed by atoms with Crippen molar-refractivity contribution in [3.8, 4) is 11.8 Å². The molecule has 4 heteroatoms. The summed E-state index contributed by atoms with van der Waals surface area (Å²) in [6, 6.07) is 20.2.